The Kier molecular flexibility index (Phi) is 3.87. The van der Waals surface area contributed by atoms with Crippen molar-refractivity contribution in [1.82, 2.24) is 15.0 Å². The molecule has 0 aliphatic heterocycles. The summed E-state index contributed by atoms with van der Waals surface area (Å²) in [4.78, 5) is 13.3. The number of aromatic nitrogens is 3. The third kappa shape index (κ3) is 2.47. The van der Waals surface area contributed by atoms with Crippen LogP contribution in [-0.2, 0) is 6.42 Å². The van der Waals surface area contributed by atoms with Crippen LogP contribution in [0.2, 0.25) is 0 Å². The molecule has 0 unspecified atom stereocenters. The van der Waals surface area contributed by atoms with E-state index in [2.05, 4.69) is 27.2 Å². The summed E-state index contributed by atoms with van der Waals surface area (Å²) in [6.07, 6.45) is 5.54. The Morgan fingerprint density at radius 3 is 2.72 bits per heavy atom. The lowest BCUT2D eigenvalue weighted by molar-refractivity contribution is 0.834. The van der Waals surface area contributed by atoms with Crippen LogP contribution in [0.1, 0.15) is 24.7 Å². The monoisotopic (exact) mass is 242 g/mol. The van der Waals surface area contributed by atoms with Gasteiger partial charge in [-0.05, 0) is 25.5 Å². The van der Waals surface area contributed by atoms with Gasteiger partial charge in [-0.25, -0.2) is 9.97 Å². The number of anilines is 1. The number of rotatable bonds is 4. The van der Waals surface area contributed by atoms with Gasteiger partial charge in [0.1, 0.15) is 11.6 Å². The number of aryl methyl sites for hydroxylation is 1. The van der Waals surface area contributed by atoms with Crippen LogP contribution in [0.15, 0.2) is 24.5 Å². The van der Waals surface area contributed by atoms with Gasteiger partial charge in [-0.1, -0.05) is 6.92 Å². The molecule has 0 aliphatic carbocycles. The average Bonchev–Trinajstić information content (AvgIpc) is 2.42. The van der Waals surface area contributed by atoms with Crippen LogP contribution in [0.4, 0.5) is 5.82 Å². The van der Waals surface area contributed by atoms with Crippen LogP contribution in [0.3, 0.4) is 0 Å². The number of nitrogens with zero attached hydrogens (tertiary/aromatic N) is 3. The van der Waals surface area contributed by atoms with Gasteiger partial charge in [0.2, 0.25) is 0 Å². The van der Waals surface area contributed by atoms with Gasteiger partial charge >= 0.3 is 0 Å². The van der Waals surface area contributed by atoms with Gasteiger partial charge in [-0.3, -0.25) is 4.98 Å². The molecule has 4 heteroatoms. The minimum Gasteiger partial charge on any atom is -0.373 e. The second kappa shape index (κ2) is 5.58. The molecule has 4 nitrogen and oxygen atoms in total. The van der Waals surface area contributed by atoms with Crippen molar-refractivity contribution in [2.24, 2.45) is 0 Å². The third-order valence-corrected chi connectivity index (χ3v) is 2.84. The summed E-state index contributed by atoms with van der Waals surface area (Å²) in [5.41, 5.74) is 3.06. The summed E-state index contributed by atoms with van der Waals surface area (Å²) in [6.45, 7) is 4.16. The van der Waals surface area contributed by atoms with Crippen molar-refractivity contribution in [2.45, 2.75) is 26.7 Å². The Balaban J connectivity index is 2.55. The minimum absolute atomic E-state index is 0.881. The van der Waals surface area contributed by atoms with Gasteiger partial charge in [0, 0.05) is 37.0 Å². The average molecular weight is 242 g/mol. The highest BCUT2D eigenvalue weighted by Gasteiger charge is 2.11. The predicted molar refractivity (Wildman–Crippen MR) is 73.5 cm³/mol. The van der Waals surface area contributed by atoms with Crippen molar-refractivity contribution in [2.75, 3.05) is 12.4 Å². The Bertz CT molecular complexity index is 523. The lowest BCUT2D eigenvalue weighted by atomic mass is 10.1. The number of pyridine rings is 1. The van der Waals surface area contributed by atoms with Crippen LogP contribution in [-0.4, -0.2) is 22.0 Å². The second-order valence-corrected chi connectivity index (χ2v) is 4.20. The highest BCUT2D eigenvalue weighted by atomic mass is 15.0. The van der Waals surface area contributed by atoms with E-state index in [9.17, 15) is 0 Å². The highest BCUT2D eigenvalue weighted by molar-refractivity contribution is 5.67. The molecule has 94 valence electrons. The van der Waals surface area contributed by atoms with Crippen molar-refractivity contribution in [3.8, 4) is 11.3 Å². The molecule has 18 heavy (non-hydrogen) atoms. The topological polar surface area (TPSA) is 50.7 Å². The Morgan fingerprint density at radius 2 is 2.11 bits per heavy atom. The Labute approximate surface area is 108 Å². The largest absolute Gasteiger partial charge is 0.373 e. The fourth-order valence-electron chi connectivity index (χ4n) is 1.93. The van der Waals surface area contributed by atoms with E-state index in [0.29, 0.717) is 0 Å². The van der Waals surface area contributed by atoms with Crippen LogP contribution in [0, 0.1) is 6.92 Å². The summed E-state index contributed by atoms with van der Waals surface area (Å²) < 4.78 is 0. The molecule has 2 aromatic rings. The lowest BCUT2D eigenvalue weighted by Gasteiger charge is -2.11. The second-order valence-electron chi connectivity index (χ2n) is 4.20. The van der Waals surface area contributed by atoms with Crippen LogP contribution < -0.4 is 5.32 Å². The molecule has 0 atom stereocenters. The van der Waals surface area contributed by atoms with E-state index in [0.717, 1.165) is 41.3 Å². The smallest absolute Gasteiger partial charge is 0.133 e. The van der Waals surface area contributed by atoms with Gasteiger partial charge < -0.3 is 5.32 Å². The molecule has 0 bridgehead atoms. The van der Waals surface area contributed by atoms with Gasteiger partial charge in [-0.2, -0.15) is 0 Å². The summed E-state index contributed by atoms with van der Waals surface area (Å²) in [5.74, 6) is 1.78. The van der Waals surface area contributed by atoms with E-state index >= 15 is 0 Å². The van der Waals surface area contributed by atoms with E-state index in [1.165, 1.54) is 0 Å². The molecule has 0 saturated carbocycles. The maximum absolute atomic E-state index is 4.65. The standard InChI is InChI=1S/C14H18N4/c1-4-6-12-17-13(10(2)14(15-3)18-12)11-7-5-8-16-9-11/h5,7-9H,4,6H2,1-3H3,(H,15,17,18). The van der Waals surface area contributed by atoms with E-state index < -0.39 is 0 Å². The first kappa shape index (κ1) is 12.5. The number of hydrogen-bond donors (Lipinski definition) is 1. The van der Waals surface area contributed by atoms with Crippen LogP contribution >= 0.6 is 0 Å². The van der Waals surface area contributed by atoms with E-state index in [1.807, 2.05) is 32.3 Å². The lowest BCUT2D eigenvalue weighted by Crippen LogP contribution is -2.05. The van der Waals surface area contributed by atoms with Gasteiger partial charge in [-0.15, -0.1) is 0 Å². The molecule has 0 radical (unpaired) electrons. The molecular weight excluding hydrogens is 224 g/mol. The first-order valence-electron chi connectivity index (χ1n) is 6.22. The minimum atomic E-state index is 0.881. The molecule has 0 fully saturated rings. The summed E-state index contributed by atoms with van der Waals surface area (Å²) in [7, 11) is 1.89. The zero-order chi connectivity index (χ0) is 13.0. The molecule has 0 aliphatic rings. The molecule has 0 aromatic carbocycles. The molecule has 1 N–H and O–H groups in total. The third-order valence-electron chi connectivity index (χ3n) is 2.84. The first-order chi connectivity index (χ1) is 8.76. The fraction of sp³-hybridized carbons (Fsp3) is 0.357. The quantitative estimate of drug-likeness (QED) is 0.895. The summed E-state index contributed by atoms with van der Waals surface area (Å²) >= 11 is 0. The SMILES string of the molecule is CCCc1nc(NC)c(C)c(-c2cccnc2)n1. The van der Waals surface area contributed by atoms with Crippen LogP contribution in [0.5, 0.6) is 0 Å². The molecular formula is C14H18N4. The van der Waals surface area contributed by atoms with E-state index in [1.54, 1.807) is 6.20 Å². The molecule has 0 saturated heterocycles. The van der Waals surface area contributed by atoms with Crippen molar-refractivity contribution in [3.63, 3.8) is 0 Å². The summed E-state index contributed by atoms with van der Waals surface area (Å²) in [5, 5.41) is 3.13. The van der Waals surface area contributed by atoms with Gasteiger partial charge in [0.15, 0.2) is 0 Å². The molecule has 2 aromatic heterocycles. The summed E-state index contributed by atoms with van der Waals surface area (Å²) in [6, 6.07) is 3.95. The van der Waals surface area contributed by atoms with Crippen molar-refractivity contribution in [1.29, 1.82) is 0 Å². The van der Waals surface area contributed by atoms with E-state index in [-0.39, 0.29) is 0 Å². The number of hydrogen-bond acceptors (Lipinski definition) is 4. The van der Waals surface area contributed by atoms with Crippen molar-refractivity contribution < 1.29 is 0 Å². The molecule has 0 spiro atoms. The number of nitrogens with one attached hydrogen (secondary N) is 1. The highest BCUT2D eigenvalue weighted by Crippen LogP contribution is 2.25. The maximum atomic E-state index is 4.65. The normalized spacial score (nSPS) is 10.4. The molecule has 2 rings (SSSR count). The van der Waals surface area contributed by atoms with Crippen LogP contribution in [0.25, 0.3) is 11.3 Å². The van der Waals surface area contributed by atoms with Gasteiger partial charge in [0.25, 0.3) is 0 Å². The van der Waals surface area contributed by atoms with E-state index in [4.69, 9.17) is 0 Å². The van der Waals surface area contributed by atoms with Crippen molar-refractivity contribution >= 4 is 5.82 Å². The first-order valence-corrected chi connectivity index (χ1v) is 6.22. The zero-order valence-corrected chi connectivity index (χ0v) is 11.1. The van der Waals surface area contributed by atoms with Crippen molar-refractivity contribution in [3.05, 3.63) is 35.9 Å². The molecule has 0 amide bonds. The predicted octanol–water partition coefficient (Wildman–Crippen LogP) is 2.84. The van der Waals surface area contributed by atoms with Gasteiger partial charge in [0.05, 0.1) is 5.69 Å². The molecule has 2 heterocycles. The Hall–Kier alpha value is -1.97. The Morgan fingerprint density at radius 1 is 1.28 bits per heavy atom. The fourth-order valence-corrected chi connectivity index (χ4v) is 1.93. The maximum Gasteiger partial charge on any atom is 0.133 e. The zero-order valence-electron chi connectivity index (χ0n) is 11.1.